The second-order valence-corrected chi connectivity index (χ2v) is 7.31. The fourth-order valence-corrected chi connectivity index (χ4v) is 3.14. The van der Waals surface area contributed by atoms with Crippen LogP contribution in [0.1, 0.15) is 29.0 Å². The van der Waals surface area contributed by atoms with E-state index in [4.69, 9.17) is 14.6 Å². The van der Waals surface area contributed by atoms with Gasteiger partial charge in [0.2, 0.25) is 12.0 Å². The van der Waals surface area contributed by atoms with Crippen LogP contribution < -0.4 is 0 Å². The summed E-state index contributed by atoms with van der Waals surface area (Å²) in [4.78, 5) is 11.4. The first-order valence-corrected chi connectivity index (χ1v) is 9.30. The molecular weight excluding hydrogens is 447 g/mol. The van der Waals surface area contributed by atoms with E-state index in [1.54, 1.807) is 6.08 Å². The number of aliphatic hydroxyl groups is 1. The van der Waals surface area contributed by atoms with Crippen molar-refractivity contribution in [2.75, 3.05) is 0 Å². The molecule has 0 aliphatic carbocycles. The Kier molecular flexibility index (Phi) is 6.29. The van der Waals surface area contributed by atoms with Crippen LogP contribution in [0.2, 0.25) is 0 Å². The summed E-state index contributed by atoms with van der Waals surface area (Å²) < 4.78 is 12.4. The SMILES string of the molecule is O=C(O)C1=C[C@@H](c2ccc(I)cc2)C[C@@H](OCc2ccc(CO)cc2)O1. The smallest absolute Gasteiger partial charge is 0.370 e. The Bertz CT molecular complexity index is 783. The number of ether oxygens (including phenoxy) is 2. The summed E-state index contributed by atoms with van der Waals surface area (Å²) in [5.74, 6) is -1.25. The van der Waals surface area contributed by atoms with Gasteiger partial charge in [-0.05, 0) is 57.5 Å². The van der Waals surface area contributed by atoms with Gasteiger partial charge in [0.25, 0.3) is 0 Å². The Hall–Kier alpha value is -1.90. The second kappa shape index (κ2) is 8.66. The molecule has 3 rings (SSSR count). The third kappa shape index (κ3) is 4.84. The van der Waals surface area contributed by atoms with Crippen LogP contribution in [0.15, 0.2) is 60.4 Å². The number of hydrogen-bond acceptors (Lipinski definition) is 4. The average Bonchev–Trinajstić information content (AvgIpc) is 2.67. The molecule has 0 radical (unpaired) electrons. The highest BCUT2D eigenvalue weighted by atomic mass is 127. The number of hydrogen-bond donors (Lipinski definition) is 2. The molecule has 2 aromatic rings. The van der Waals surface area contributed by atoms with Gasteiger partial charge in [-0.1, -0.05) is 36.4 Å². The molecule has 1 heterocycles. The first-order chi connectivity index (χ1) is 12.5. The third-order valence-corrected chi connectivity index (χ3v) is 4.93. The predicted molar refractivity (Wildman–Crippen MR) is 104 cm³/mol. The zero-order valence-corrected chi connectivity index (χ0v) is 16.1. The average molecular weight is 466 g/mol. The monoisotopic (exact) mass is 466 g/mol. The van der Waals surface area contributed by atoms with Gasteiger partial charge >= 0.3 is 5.97 Å². The van der Waals surface area contributed by atoms with Gasteiger partial charge in [0.1, 0.15) is 0 Å². The van der Waals surface area contributed by atoms with Crippen molar-refractivity contribution in [2.24, 2.45) is 0 Å². The van der Waals surface area contributed by atoms with E-state index < -0.39 is 12.3 Å². The van der Waals surface area contributed by atoms with Gasteiger partial charge in [-0.2, -0.15) is 0 Å². The maximum Gasteiger partial charge on any atom is 0.370 e. The lowest BCUT2D eigenvalue weighted by molar-refractivity contribution is -0.159. The number of aliphatic carboxylic acids is 1. The summed E-state index contributed by atoms with van der Waals surface area (Å²) in [6.45, 7) is 0.306. The van der Waals surface area contributed by atoms with Gasteiger partial charge in [0, 0.05) is 15.9 Å². The largest absolute Gasteiger partial charge is 0.475 e. The van der Waals surface area contributed by atoms with E-state index in [0.29, 0.717) is 13.0 Å². The number of allylic oxidation sites excluding steroid dienone is 1. The van der Waals surface area contributed by atoms with Crippen molar-refractivity contribution in [1.82, 2.24) is 0 Å². The second-order valence-electron chi connectivity index (χ2n) is 6.06. The minimum atomic E-state index is -1.10. The summed E-state index contributed by atoms with van der Waals surface area (Å²) in [6.07, 6.45) is 1.56. The lowest BCUT2D eigenvalue weighted by atomic mass is 9.93. The van der Waals surface area contributed by atoms with Crippen LogP contribution in [0, 0.1) is 3.57 Å². The summed E-state index contributed by atoms with van der Waals surface area (Å²) in [6, 6.07) is 15.4. The van der Waals surface area contributed by atoms with Crippen molar-refractivity contribution in [3.8, 4) is 0 Å². The molecule has 2 N–H and O–H groups in total. The van der Waals surface area contributed by atoms with E-state index in [2.05, 4.69) is 22.6 Å². The van der Waals surface area contributed by atoms with Crippen molar-refractivity contribution in [2.45, 2.75) is 31.8 Å². The van der Waals surface area contributed by atoms with Crippen LogP contribution in [-0.2, 0) is 27.5 Å². The maximum atomic E-state index is 11.4. The molecule has 26 heavy (non-hydrogen) atoms. The number of carbonyl (C=O) groups is 1. The van der Waals surface area contributed by atoms with E-state index in [1.807, 2.05) is 48.5 Å². The lowest BCUT2D eigenvalue weighted by Crippen LogP contribution is -2.26. The van der Waals surface area contributed by atoms with Gasteiger partial charge in [0.15, 0.2) is 0 Å². The van der Waals surface area contributed by atoms with E-state index in [9.17, 15) is 9.90 Å². The zero-order valence-electron chi connectivity index (χ0n) is 14.0. The van der Waals surface area contributed by atoms with Crippen LogP contribution in [0.4, 0.5) is 0 Å². The fraction of sp³-hybridized carbons (Fsp3) is 0.250. The van der Waals surface area contributed by atoms with Gasteiger partial charge in [0.05, 0.1) is 13.2 Å². The maximum absolute atomic E-state index is 11.4. The van der Waals surface area contributed by atoms with Crippen LogP contribution in [0.3, 0.4) is 0 Å². The standard InChI is InChI=1S/C20H19IO5/c21-17-7-5-15(6-8-17)16-9-18(20(23)24)26-19(10-16)25-12-14-3-1-13(11-22)2-4-14/h1-9,16,19,22H,10-12H2,(H,23,24)/t16-,19+/m1/s1. The van der Waals surface area contributed by atoms with Crippen LogP contribution in [0.25, 0.3) is 0 Å². The molecule has 5 nitrogen and oxygen atoms in total. The van der Waals surface area contributed by atoms with Crippen LogP contribution >= 0.6 is 22.6 Å². The molecule has 0 unspecified atom stereocenters. The highest BCUT2D eigenvalue weighted by Crippen LogP contribution is 2.32. The highest BCUT2D eigenvalue weighted by Gasteiger charge is 2.28. The quantitative estimate of drug-likeness (QED) is 0.634. The van der Waals surface area contributed by atoms with E-state index in [1.165, 1.54) is 0 Å². The summed E-state index contributed by atoms with van der Waals surface area (Å²) in [7, 11) is 0. The first-order valence-electron chi connectivity index (χ1n) is 8.22. The Labute approximate surface area is 165 Å². The molecule has 2 aromatic carbocycles. The van der Waals surface area contributed by atoms with Crippen LogP contribution in [-0.4, -0.2) is 22.5 Å². The Morgan fingerprint density at radius 2 is 1.77 bits per heavy atom. The Morgan fingerprint density at radius 3 is 2.38 bits per heavy atom. The van der Waals surface area contributed by atoms with E-state index in [0.717, 1.165) is 20.3 Å². The molecule has 0 saturated heterocycles. The molecule has 0 bridgehead atoms. The lowest BCUT2D eigenvalue weighted by Gasteiger charge is -2.28. The molecule has 6 heteroatoms. The molecule has 0 amide bonds. The number of rotatable bonds is 6. The zero-order chi connectivity index (χ0) is 18.5. The van der Waals surface area contributed by atoms with Crippen molar-refractivity contribution < 1.29 is 24.5 Å². The third-order valence-electron chi connectivity index (χ3n) is 4.21. The van der Waals surface area contributed by atoms with Crippen molar-refractivity contribution >= 4 is 28.6 Å². The number of carboxylic acids is 1. The van der Waals surface area contributed by atoms with Crippen molar-refractivity contribution in [3.05, 3.63) is 80.6 Å². The van der Waals surface area contributed by atoms with Crippen molar-refractivity contribution in [3.63, 3.8) is 0 Å². The summed E-state index contributed by atoms with van der Waals surface area (Å²) in [5.41, 5.74) is 2.80. The van der Waals surface area contributed by atoms with Gasteiger partial charge in [-0.25, -0.2) is 4.79 Å². The van der Waals surface area contributed by atoms with Gasteiger partial charge < -0.3 is 19.7 Å². The number of halogens is 1. The number of benzene rings is 2. The number of carboxylic acid groups (broad SMARTS) is 1. The van der Waals surface area contributed by atoms with Crippen LogP contribution in [0.5, 0.6) is 0 Å². The molecule has 136 valence electrons. The predicted octanol–water partition coefficient (Wildman–Crippen LogP) is 3.80. The molecular formula is C20H19IO5. The minimum Gasteiger partial charge on any atom is -0.475 e. The fourth-order valence-electron chi connectivity index (χ4n) is 2.78. The minimum absolute atomic E-state index is 0.00265. The van der Waals surface area contributed by atoms with E-state index in [-0.39, 0.29) is 18.3 Å². The van der Waals surface area contributed by atoms with Gasteiger partial charge in [-0.3, -0.25) is 0 Å². The molecule has 1 aliphatic heterocycles. The normalized spacial score (nSPS) is 19.5. The molecule has 0 aromatic heterocycles. The molecule has 0 fully saturated rings. The highest BCUT2D eigenvalue weighted by molar-refractivity contribution is 14.1. The van der Waals surface area contributed by atoms with E-state index >= 15 is 0 Å². The van der Waals surface area contributed by atoms with Gasteiger partial charge in [-0.15, -0.1) is 0 Å². The molecule has 2 atom stereocenters. The molecule has 0 spiro atoms. The van der Waals surface area contributed by atoms with Crippen molar-refractivity contribution in [1.29, 1.82) is 0 Å². The Morgan fingerprint density at radius 1 is 1.12 bits per heavy atom. The first kappa shape index (κ1) is 18.9. The topological polar surface area (TPSA) is 76.0 Å². The molecule has 0 saturated carbocycles. The molecule has 1 aliphatic rings. The number of aliphatic hydroxyl groups excluding tert-OH is 1. The summed E-state index contributed by atoms with van der Waals surface area (Å²) in [5, 5.41) is 18.4. The summed E-state index contributed by atoms with van der Waals surface area (Å²) >= 11 is 2.24. The Balaban J connectivity index is 1.70.